The van der Waals surface area contributed by atoms with Crippen LogP contribution in [0.1, 0.15) is 32.8 Å². The van der Waals surface area contributed by atoms with E-state index in [-0.39, 0.29) is 12.1 Å². The van der Waals surface area contributed by atoms with Gasteiger partial charge in [0, 0.05) is 24.7 Å². The van der Waals surface area contributed by atoms with Crippen molar-refractivity contribution in [1.29, 1.82) is 0 Å². The van der Waals surface area contributed by atoms with Crippen molar-refractivity contribution in [2.75, 3.05) is 13.1 Å². The summed E-state index contributed by atoms with van der Waals surface area (Å²) in [5, 5.41) is 0. The average Bonchev–Trinajstić information content (AvgIpc) is 2.87. The summed E-state index contributed by atoms with van der Waals surface area (Å²) in [6.07, 6.45) is 0.0359. The highest BCUT2D eigenvalue weighted by atomic mass is 32.2. The standard InChI is InChI=1S/C16H23FN2O4S/c1-16(2,3)23-15(20)19-9-8-13(10-19)18-24(21,22)11-12-6-4-5-7-14(12)17/h4-7,13,18H,8-11H2,1-3H3/t13-/m1/s1. The third kappa shape index (κ3) is 5.45. The molecule has 1 aromatic rings. The summed E-state index contributed by atoms with van der Waals surface area (Å²) < 4.78 is 45.8. The van der Waals surface area contributed by atoms with Crippen molar-refractivity contribution in [3.63, 3.8) is 0 Å². The van der Waals surface area contributed by atoms with Crippen molar-refractivity contribution in [3.05, 3.63) is 35.6 Å². The van der Waals surface area contributed by atoms with Gasteiger partial charge in [-0.1, -0.05) is 18.2 Å². The van der Waals surface area contributed by atoms with Crippen molar-refractivity contribution in [1.82, 2.24) is 9.62 Å². The van der Waals surface area contributed by atoms with Crippen LogP contribution in [-0.2, 0) is 20.5 Å². The van der Waals surface area contributed by atoms with Gasteiger partial charge < -0.3 is 9.64 Å². The van der Waals surface area contributed by atoms with Crippen molar-refractivity contribution >= 4 is 16.1 Å². The zero-order valence-electron chi connectivity index (χ0n) is 14.1. The molecule has 134 valence electrons. The summed E-state index contributed by atoms with van der Waals surface area (Å²) in [7, 11) is -3.69. The molecule has 1 heterocycles. The average molecular weight is 358 g/mol. The van der Waals surface area contributed by atoms with Gasteiger partial charge in [-0.25, -0.2) is 22.3 Å². The first-order chi connectivity index (χ1) is 11.1. The van der Waals surface area contributed by atoms with E-state index in [1.165, 1.54) is 23.1 Å². The molecule has 24 heavy (non-hydrogen) atoms. The lowest BCUT2D eigenvalue weighted by Gasteiger charge is -2.24. The van der Waals surface area contributed by atoms with E-state index < -0.39 is 39.3 Å². The van der Waals surface area contributed by atoms with Crippen LogP contribution in [0.15, 0.2) is 24.3 Å². The van der Waals surface area contributed by atoms with E-state index in [0.29, 0.717) is 13.0 Å². The smallest absolute Gasteiger partial charge is 0.410 e. The zero-order valence-corrected chi connectivity index (χ0v) is 14.9. The van der Waals surface area contributed by atoms with Crippen LogP contribution in [0.2, 0.25) is 0 Å². The quantitative estimate of drug-likeness (QED) is 0.896. The van der Waals surface area contributed by atoms with Crippen LogP contribution in [0.25, 0.3) is 0 Å². The third-order valence-electron chi connectivity index (χ3n) is 3.49. The lowest BCUT2D eigenvalue weighted by atomic mass is 10.2. The van der Waals surface area contributed by atoms with E-state index >= 15 is 0 Å². The van der Waals surface area contributed by atoms with E-state index in [1.54, 1.807) is 26.8 Å². The Bertz CT molecular complexity index is 700. The van der Waals surface area contributed by atoms with Gasteiger partial charge in [-0.05, 0) is 33.3 Å². The normalized spacial score (nSPS) is 18.7. The Labute approximate surface area is 142 Å². The number of ether oxygens (including phenoxy) is 1. The summed E-state index contributed by atoms with van der Waals surface area (Å²) in [4.78, 5) is 13.5. The second kappa shape index (κ2) is 7.06. The first kappa shape index (κ1) is 18.7. The molecule has 1 atom stereocenters. The summed E-state index contributed by atoms with van der Waals surface area (Å²) >= 11 is 0. The second-order valence-corrected chi connectivity index (χ2v) is 8.63. The molecule has 0 saturated carbocycles. The van der Waals surface area contributed by atoms with Crippen LogP contribution < -0.4 is 4.72 Å². The maximum Gasteiger partial charge on any atom is 0.410 e. The fourth-order valence-corrected chi connectivity index (χ4v) is 3.89. The molecule has 1 aliphatic rings. The summed E-state index contributed by atoms with van der Waals surface area (Å²) in [6.45, 7) is 5.98. The fourth-order valence-electron chi connectivity index (χ4n) is 2.46. The van der Waals surface area contributed by atoms with Gasteiger partial charge in [-0.3, -0.25) is 0 Å². The van der Waals surface area contributed by atoms with Crippen molar-refractivity contribution in [2.45, 2.75) is 44.6 Å². The first-order valence-electron chi connectivity index (χ1n) is 7.77. The number of hydrogen-bond acceptors (Lipinski definition) is 4. The van der Waals surface area contributed by atoms with Crippen LogP contribution in [0.3, 0.4) is 0 Å². The highest BCUT2D eigenvalue weighted by Crippen LogP contribution is 2.17. The molecule has 1 fully saturated rings. The number of halogens is 1. The largest absolute Gasteiger partial charge is 0.444 e. The van der Waals surface area contributed by atoms with Crippen molar-refractivity contribution in [2.24, 2.45) is 0 Å². The Morgan fingerprint density at radius 1 is 1.38 bits per heavy atom. The zero-order chi connectivity index (χ0) is 18.0. The Kier molecular flexibility index (Phi) is 5.49. The molecular weight excluding hydrogens is 335 g/mol. The molecule has 1 aliphatic heterocycles. The summed E-state index contributed by atoms with van der Waals surface area (Å²) in [6, 6.07) is 5.37. The molecule has 8 heteroatoms. The maximum atomic E-state index is 13.6. The molecule has 0 aromatic heterocycles. The molecule has 1 N–H and O–H groups in total. The van der Waals surface area contributed by atoms with E-state index in [0.717, 1.165) is 0 Å². The Morgan fingerprint density at radius 3 is 2.67 bits per heavy atom. The highest BCUT2D eigenvalue weighted by Gasteiger charge is 2.32. The van der Waals surface area contributed by atoms with Gasteiger partial charge in [-0.2, -0.15) is 0 Å². The number of carbonyl (C=O) groups excluding carboxylic acids is 1. The molecule has 2 rings (SSSR count). The SMILES string of the molecule is CC(C)(C)OC(=O)N1CC[C@@H](NS(=O)(=O)Cc2ccccc2F)C1. The Hall–Kier alpha value is -1.67. The van der Waals surface area contributed by atoms with Gasteiger partial charge in [0.25, 0.3) is 0 Å². The monoisotopic (exact) mass is 358 g/mol. The molecule has 0 bridgehead atoms. The van der Waals surface area contributed by atoms with E-state index in [1.807, 2.05) is 0 Å². The van der Waals surface area contributed by atoms with Crippen molar-refractivity contribution < 1.29 is 22.3 Å². The molecule has 0 spiro atoms. The molecule has 0 radical (unpaired) electrons. The predicted molar refractivity (Wildman–Crippen MR) is 88.4 cm³/mol. The lowest BCUT2D eigenvalue weighted by Crippen LogP contribution is -2.40. The number of sulfonamides is 1. The molecule has 1 saturated heterocycles. The van der Waals surface area contributed by atoms with Crippen LogP contribution in [0.4, 0.5) is 9.18 Å². The third-order valence-corrected chi connectivity index (χ3v) is 4.87. The number of nitrogens with zero attached hydrogens (tertiary/aromatic N) is 1. The minimum atomic E-state index is -3.69. The second-order valence-electron chi connectivity index (χ2n) is 6.88. The van der Waals surface area contributed by atoms with Crippen LogP contribution >= 0.6 is 0 Å². The number of rotatable bonds is 4. The van der Waals surface area contributed by atoms with Gasteiger partial charge in [0.1, 0.15) is 11.4 Å². The predicted octanol–water partition coefficient (Wildman–Crippen LogP) is 2.25. The minimum absolute atomic E-state index is 0.118. The number of benzene rings is 1. The van der Waals surface area contributed by atoms with Gasteiger partial charge in [0.2, 0.25) is 10.0 Å². The van der Waals surface area contributed by atoms with Crippen LogP contribution in [-0.4, -0.2) is 44.1 Å². The molecule has 0 unspecified atom stereocenters. The molecule has 0 aliphatic carbocycles. The van der Waals surface area contributed by atoms with E-state index in [4.69, 9.17) is 4.74 Å². The van der Waals surface area contributed by atoms with Crippen molar-refractivity contribution in [3.8, 4) is 0 Å². The van der Waals surface area contributed by atoms with E-state index in [9.17, 15) is 17.6 Å². The topological polar surface area (TPSA) is 75.7 Å². The highest BCUT2D eigenvalue weighted by molar-refractivity contribution is 7.88. The molecule has 1 amide bonds. The van der Waals surface area contributed by atoms with Crippen LogP contribution in [0, 0.1) is 5.82 Å². The first-order valence-corrected chi connectivity index (χ1v) is 9.42. The Balaban J connectivity index is 1.92. The van der Waals surface area contributed by atoms with Gasteiger partial charge in [0.15, 0.2) is 0 Å². The van der Waals surface area contributed by atoms with Gasteiger partial charge in [0.05, 0.1) is 5.75 Å². The number of hydrogen-bond donors (Lipinski definition) is 1. The van der Waals surface area contributed by atoms with Gasteiger partial charge in [-0.15, -0.1) is 0 Å². The number of likely N-dealkylation sites (tertiary alicyclic amines) is 1. The molecule has 6 nitrogen and oxygen atoms in total. The fraction of sp³-hybridized carbons (Fsp3) is 0.562. The molecular formula is C16H23FN2O4S. The van der Waals surface area contributed by atoms with Crippen LogP contribution in [0.5, 0.6) is 0 Å². The maximum absolute atomic E-state index is 13.6. The summed E-state index contributed by atoms with van der Waals surface area (Å²) in [5.74, 6) is -0.979. The minimum Gasteiger partial charge on any atom is -0.444 e. The molecule has 1 aromatic carbocycles. The number of amides is 1. The lowest BCUT2D eigenvalue weighted by molar-refractivity contribution is 0.0292. The number of nitrogens with one attached hydrogen (secondary N) is 1. The van der Waals surface area contributed by atoms with Gasteiger partial charge >= 0.3 is 6.09 Å². The number of carbonyl (C=O) groups is 1. The summed E-state index contributed by atoms with van der Waals surface area (Å²) in [5.41, 5.74) is -0.480. The van der Waals surface area contributed by atoms with E-state index in [2.05, 4.69) is 4.72 Å². The Morgan fingerprint density at radius 2 is 2.04 bits per heavy atom.